The fourth-order valence-electron chi connectivity index (χ4n) is 2.76. The van der Waals surface area contributed by atoms with Gasteiger partial charge < -0.3 is 10.1 Å². The zero-order chi connectivity index (χ0) is 20.3. The number of amides is 1. The smallest absolute Gasteiger partial charge is 0.265 e. The van der Waals surface area contributed by atoms with E-state index in [-0.39, 0.29) is 5.91 Å². The molecule has 6 nitrogen and oxygen atoms in total. The van der Waals surface area contributed by atoms with Crippen molar-refractivity contribution in [2.45, 2.75) is 13.0 Å². The predicted octanol–water partition coefficient (Wildman–Crippen LogP) is 3.64. The molecule has 0 fully saturated rings. The third-order valence-corrected chi connectivity index (χ3v) is 5.60. The van der Waals surface area contributed by atoms with E-state index in [0.717, 1.165) is 21.3 Å². The average Bonchev–Trinajstić information content (AvgIpc) is 2.67. The Morgan fingerprint density at radius 3 is 2.46 bits per heavy atom. The summed E-state index contributed by atoms with van der Waals surface area (Å²) in [6, 6.07) is 20.1. The molecule has 0 saturated carbocycles. The van der Waals surface area contributed by atoms with Crippen molar-refractivity contribution in [1.29, 1.82) is 0 Å². The van der Waals surface area contributed by atoms with Gasteiger partial charge in [0.2, 0.25) is 10.0 Å². The van der Waals surface area contributed by atoms with Crippen LogP contribution in [0.25, 0.3) is 10.8 Å². The van der Waals surface area contributed by atoms with Crippen LogP contribution in [0.3, 0.4) is 0 Å². The molecule has 0 spiro atoms. The fourth-order valence-corrected chi connectivity index (χ4v) is 3.25. The summed E-state index contributed by atoms with van der Waals surface area (Å²) in [5.41, 5.74) is 0.953. The number of nitrogens with zero attached hydrogens (tertiary/aromatic N) is 1. The summed E-state index contributed by atoms with van der Waals surface area (Å²) in [7, 11) is -1.92. The zero-order valence-corrected chi connectivity index (χ0v) is 16.7. The van der Waals surface area contributed by atoms with Crippen LogP contribution in [0.2, 0.25) is 0 Å². The van der Waals surface area contributed by atoms with Gasteiger partial charge in [-0.1, -0.05) is 42.5 Å². The van der Waals surface area contributed by atoms with Crippen LogP contribution in [0.5, 0.6) is 5.75 Å². The number of sulfonamides is 1. The van der Waals surface area contributed by atoms with Gasteiger partial charge in [-0.05, 0) is 36.6 Å². The lowest BCUT2D eigenvalue weighted by Crippen LogP contribution is -2.30. The van der Waals surface area contributed by atoms with E-state index in [0.29, 0.717) is 17.1 Å². The Balaban J connectivity index is 1.74. The van der Waals surface area contributed by atoms with Crippen LogP contribution < -0.4 is 14.4 Å². The van der Waals surface area contributed by atoms with E-state index in [1.54, 1.807) is 31.2 Å². The fraction of sp³-hybridized carbons (Fsp3) is 0.190. The third kappa shape index (κ3) is 4.43. The summed E-state index contributed by atoms with van der Waals surface area (Å²) in [5, 5.41) is 4.73. The minimum absolute atomic E-state index is 0.327. The van der Waals surface area contributed by atoms with Gasteiger partial charge in [0.1, 0.15) is 5.75 Å². The van der Waals surface area contributed by atoms with Crippen molar-refractivity contribution in [2.75, 3.05) is 22.9 Å². The van der Waals surface area contributed by atoms with Crippen LogP contribution in [0.4, 0.5) is 11.4 Å². The summed E-state index contributed by atoms with van der Waals surface area (Å²) in [6.07, 6.45) is 0.389. The molecule has 0 aromatic heterocycles. The summed E-state index contributed by atoms with van der Waals surface area (Å²) in [5.74, 6) is 0.304. The second kappa shape index (κ2) is 7.90. The number of fused-ring (bicyclic) bond motifs is 1. The van der Waals surface area contributed by atoms with E-state index in [1.807, 2.05) is 42.5 Å². The van der Waals surface area contributed by atoms with E-state index >= 15 is 0 Å². The van der Waals surface area contributed by atoms with Gasteiger partial charge in [-0.25, -0.2) is 8.42 Å². The molecule has 28 heavy (non-hydrogen) atoms. The third-order valence-electron chi connectivity index (χ3n) is 4.40. The maximum Gasteiger partial charge on any atom is 0.265 e. The lowest BCUT2D eigenvalue weighted by molar-refractivity contribution is -0.122. The van der Waals surface area contributed by atoms with Crippen LogP contribution in [0.1, 0.15) is 6.92 Å². The quantitative estimate of drug-likeness (QED) is 0.688. The first-order valence-corrected chi connectivity index (χ1v) is 10.6. The highest BCUT2D eigenvalue weighted by Gasteiger charge is 2.17. The van der Waals surface area contributed by atoms with Gasteiger partial charge >= 0.3 is 0 Å². The zero-order valence-electron chi connectivity index (χ0n) is 15.9. The molecule has 3 aromatic rings. The Morgan fingerprint density at radius 1 is 1.04 bits per heavy atom. The Morgan fingerprint density at radius 2 is 1.71 bits per heavy atom. The van der Waals surface area contributed by atoms with Crippen LogP contribution in [-0.2, 0) is 14.8 Å². The molecule has 0 aliphatic carbocycles. The second-order valence-electron chi connectivity index (χ2n) is 6.51. The first kappa shape index (κ1) is 19.7. The van der Waals surface area contributed by atoms with Gasteiger partial charge in [-0.15, -0.1) is 0 Å². The molecule has 0 heterocycles. The van der Waals surface area contributed by atoms with Crippen molar-refractivity contribution in [2.24, 2.45) is 0 Å². The number of hydrogen-bond donors (Lipinski definition) is 1. The Bertz CT molecular complexity index is 1110. The maximum absolute atomic E-state index is 12.6. The molecule has 3 aromatic carbocycles. The van der Waals surface area contributed by atoms with Crippen molar-refractivity contribution in [1.82, 2.24) is 0 Å². The predicted molar refractivity (Wildman–Crippen MR) is 112 cm³/mol. The van der Waals surface area contributed by atoms with Gasteiger partial charge in [0, 0.05) is 18.1 Å². The summed E-state index contributed by atoms with van der Waals surface area (Å²) in [4.78, 5) is 12.6. The molecule has 0 unspecified atom stereocenters. The Kier molecular flexibility index (Phi) is 5.56. The molecule has 0 bridgehead atoms. The summed E-state index contributed by atoms with van der Waals surface area (Å²) >= 11 is 0. The number of hydrogen-bond acceptors (Lipinski definition) is 4. The van der Waals surface area contributed by atoms with Gasteiger partial charge in [0.15, 0.2) is 6.10 Å². The van der Waals surface area contributed by atoms with Crippen LogP contribution in [0.15, 0.2) is 66.7 Å². The molecule has 146 valence electrons. The number of carbonyl (C=O) groups excluding carboxylic acids is 1. The lowest BCUT2D eigenvalue weighted by atomic mass is 10.1. The molecule has 7 heteroatoms. The van der Waals surface area contributed by atoms with Crippen molar-refractivity contribution in [3.05, 3.63) is 66.7 Å². The van der Waals surface area contributed by atoms with Gasteiger partial charge in [-0.2, -0.15) is 0 Å². The number of nitrogens with one attached hydrogen (secondary N) is 1. The van der Waals surface area contributed by atoms with Crippen LogP contribution >= 0.6 is 0 Å². The van der Waals surface area contributed by atoms with Gasteiger partial charge in [-0.3, -0.25) is 9.10 Å². The van der Waals surface area contributed by atoms with Crippen LogP contribution in [-0.4, -0.2) is 33.7 Å². The second-order valence-corrected chi connectivity index (χ2v) is 8.52. The van der Waals surface area contributed by atoms with E-state index < -0.39 is 16.1 Å². The molecule has 3 rings (SSSR count). The largest absolute Gasteiger partial charge is 0.480 e. The summed E-state index contributed by atoms with van der Waals surface area (Å²) in [6.45, 7) is 1.67. The molecule has 0 saturated heterocycles. The SMILES string of the molecule is C[C@H](Oc1cccc2ccccc12)C(=O)Nc1cccc(N(C)S(C)(=O)=O)c1. The highest BCUT2D eigenvalue weighted by molar-refractivity contribution is 7.92. The first-order chi connectivity index (χ1) is 13.3. The standard InChI is InChI=1S/C21H22N2O4S/c1-15(27-20-13-6-9-16-8-4-5-12-19(16)20)21(24)22-17-10-7-11-18(14-17)23(2)28(3,25)26/h4-15H,1-3H3,(H,22,24)/t15-/m0/s1. The van der Waals surface area contributed by atoms with E-state index in [1.165, 1.54) is 7.05 Å². The van der Waals surface area contributed by atoms with E-state index in [9.17, 15) is 13.2 Å². The van der Waals surface area contributed by atoms with Gasteiger partial charge in [0.05, 0.1) is 11.9 Å². The van der Waals surface area contributed by atoms with E-state index in [2.05, 4.69) is 5.32 Å². The molecular weight excluding hydrogens is 376 g/mol. The van der Waals surface area contributed by atoms with Crippen molar-refractivity contribution in [3.63, 3.8) is 0 Å². The number of benzene rings is 3. The monoisotopic (exact) mass is 398 g/mol. The topological polar surface area (TPSA) is 75.7 Å². The maximum atomic E-state index is 12.6. The van der Waals surface area contributed by atoms with Crippen molar-refractivity contribution in [3.8, 4) is 5.75 Å². The minimum atomic E-state index is -3.38. The van der Waals surface area contributed by atoms with E-state index in [4.69, 9.17) is 4.74 Å². The molecule has 1 N–H and O–H groups in total. The van der Waals surface area contributed by atoms with Crippen molar-refractivity contribution < 1.29 is 17.9 Å². The summed E-state index contributed by atoms with van der Waals surface area (Å²) < 4.78 is 30.4. The number of rotatable bonds is 6. The van der Waals surface area contributed by atoms with Crippen LogP contribution in [0, 0.1) is 0 Å². The number of carbonyl (C=O) groups is 1. The Labute approximate surface area is 164 Å². The van der Waals surface area contributed by atoms with Crippen molar-refractivity contribution >= 4 is 38.1 Å². The molecule has 1 atom stereocenters. The lowest BCUT2D eigenvalue weighted by Gasteiger charge is -2.19. The molecule has 1 amide bonds. The first-order valence-electron chi connectivity index (χ1n) is 8.75. The number of anilines is 2. The normalized spacial score (nSPS) is 12.4. The highest BCUT2D eigenvalue weighted by Crippen LogP contribution is 2.26. The highest BCUT2D eigenvalue weighted by atomic mass is 32.2. The van der Waals surface area contributed by atoms with Gasteiger partial charge in [0.25, 0.3) is 5.91 Å². The number of ether oxygens (including phenoxy) is 1. The molecule has 0 aliphatic heterocycles. The minimum Gasteiger partial charge on any atom is -0.480 e. The molecule has 0 aliphatic rings. The average molecular weight is 398 g/mol. The molecular formula is C21H22N2O4S. The Hall–Kier alpha value is -3.06. The molecule has 0 radical (unpaired) electrons.